The molecule has 0 amide bonds. The third kappa shape index (κ3) is 3.20. The van der Waals surface area contributed by atoms with Gasteiger partial charge in [-0.1, -0.05) is 23.8 Å². The summed E-state index contributed by atoms with van der Waals surface area (Å²) in [7, 11) is 0. The summed E-state index contributed by atoms with van der Waals surface area (Å²) in [5.74, 6) is -0.388. The lowest BCUT2D eigenvalue weighted by Gasteiger charge is -2.18. The summed E-state index contributed by atoms with van der Waals surface area (Å²) in [5.41, 5.74) is -2.02. The summed E-state index contributed by atoms with van der Waals surface area (Å²) in [6, 6.07) is 8.07. The Labute approximate surface area is 166 Å². The van der Waals surface area contributed by atoms with Crippen LogP contribution in [-0.4, -0.2) is 11.7 Å². The van der Waals surface area contributed by atoms with Crippen LogP contribution in [0.15, 0.2) is 42.5 Å². The summed E-state index contributed by atoms with van der Waals surface area (Å²) < 4.78 is 80.3. The van der Waals surface area contributed by atoms with E-state index in [9.17, 15) is 26.3 Å². The molecule has 0 saturated heterocycles. The van der Waals surface area contributed by atoms with Crippen LogP contribution in [0.1, 0.15) is 27.8 Å². The normalized spacial score (nSPS) is 14.2. The largest absolute Gasteiger partial charge is 0.416 e. The van der Waals surface area contributed by atoms with Gasteiger partial charge in [0.15, 0.2) is 0 Å². The lowest BCUT2D eigenvalue weighted by atomic mass is 9.88. The lowest BCUT2D eigenvalue weighted by molar-refractivity contribution is -0.143. The Morgan fingerprint density at radius 2 is 1.33 bits per heavy atom. The standard InChI is InChI=1S/C21H13F6N3/c1-9-2-3-10-7-15-17(19(29)30-18(15)28)16(14(10)4-9)11-5-12(20(22,23)24)8-13(6-11)21(25,26)27/h2-8H,1H3,(H3,28,29,30). The monoisotopic (exact) mass is 421 g/mol. The van der Waals surface area contributed by atoms with Gasteiger partial charge in [-0.05, 0) is 47.5 Å². The number of fused-ring (bicyclic) bond motifs is 2. The van der Waals surface area contributed by atoms with Crippen LogP contribution in [0.5, 0.6) is 0 Å². The SMILES string of the molecule is Cc1ccc2cc3c(c(-c4cc(C(F)(F)F)cc(C(F)(F)F)c4)c2c1)C(=N)NC3=N. The fourth-order valence-corrected chi connectivity index (χ4v) is 3.62. The van der Waals surface area contributed by atoms with Gasteiger partial charge in [-0.2, -0.15) is 26.3 Å². The number of nitrogens with one attached hydrogen (secondary N) is 3. The number of alkyl halides is 6. The van der Waals surface area contributed by atoms with Crippen LogP contribution in [0.4, 0.5) is 26.3 Å². The molecule has 3 aromatic rings. The number of amidine groups is 2. The highest BCUT2D eigenvalue weighted by atomic mass is 19.4. The van der Waals surface area contributed by atoms with Gasteiger partial charge < -0.3 is 5.32 Å². The van der Waals surface area contributed by atoms with Crippen LogP contribution >= 0.6 is 0 Å². The van der Waals surface area contributed by atoms with E-state index in [0.29, 0.717) is 22.9 Å². The highest BCUT2D eigenvalue weighted by Crippen LogP contribution is 2.42. The molecule has 0 unspecified atom stereocenters. The van der Waals surface area contributed by atoms with Gasteiger partial charge in [0, 0.05) is 16.7 Å². The van der Waals surface area contributed by atoms with Gasteiger partial charge in [-0.25, -0.2) is 0 Å². The molecular weight excluding hydrogens is 408 g/mol. The number of benzene rings is 3. The number of hydrogen-bond donors (Lipinski definition) is 3. The molecule has 0 saturated carbocycles. The summed E-state index contributed by atoms with van der Waals surface area (Å²) in [4.78, 5) is 0. The summed E-state index contributed by atoms with van der Waals surface area (Å²) in [6.45, 7) is 1.75. The average Bonchev–Trinajstić information content (AvgIpc) is 2.91. The number of hydrogen-bond acceptors (Lipinski definition) is 2. The van der Waals surface area contributed by atoms with E-state index < -0.39 is 23.5 Å². The molecule has 0 aliphatic carbocycles. The van der Waals surface area contributed by atoms with Crippen LogP contribution in [0, 0.1) is 17.7 Å². The predicted octanol–water partition coefficient (Wildman–Crippen LogP) is 6.11. The molecule has 0 atom stereocenters. The lowest BCUT2D eigenvalue weighted by Crippen LogP contribution is -2.20. The summed E-state index contributed by atoms with van der Waals surface area (Å²) in [6.07, 6.45) is -9.98. The van der Waals surface area contributed by atoms with Gasteiger partial charge in [0.25, 0.3) is 0 Å². The maximum absolute atomic E-state index is 13.4. The first-order chi connectivity index (χ1) is 13.9. The van der Waals surface area contributed by atoms with Gasteiger partial charge in [-0.3, -0.25) is 10.8 Å². The first-order valence-corrected chi connectivity index (χ1v) is 8.68. The minimum atomic E-state index is -4.99. The summed E-state index contributed by atoms with van der Waals surface area (Å²) >= 11 is 0. The minimum Gasteiger partial charge on any atom is -0.325 e. The second kappa shape index (κ2) is 6.32. The van der Waals surface area contributed by atoms with Crippen molar-refractivity contribution in [3.63, 3.8) is 0 Å². The topological polar surface area (TPSA) is 59.7 Å². The van der Waals surface area contributed by atoms with Crippen molar-refractivity contribution in [3.8, 4) is 11.1 Å². The molecule has 3 N–H and O–H groups in total. The average molecular weight is 421 g/mol. The molecule has 0 fully saturated rings. The molecule has 9 heteroatoms. The molecule has 0 radical (unpaired) electrons. The Bertz CT molecular complexity index is 1210. The van der Waals surface area contributed by atoms with E-state index in [0.717, 1.165) is 5.56 Å². The van der Waals surface area contributed by atoms with Crippen molar-refractivity contribution >= 4 is 22.4 Å². The molecule has 0 aromatic heterocycles. The fourth-order valence-electron chi connectivity index (χ4n) is 3.62. The molecule has 30 heavy (non-hydrogen) atoms. The van der Waals surface area contributed by atoms with Gasteiger partial charge >= 0.3 is 12.4 Å². The molecule has 1 aliphatic heterocycles. The zero-order valence-electron chi connectivity index (χ0n) is 15.3. The Kier molecular flexibility index (Phi) is 4.20. The third-order valence-corrected chi connectivity index (χ3v) is 4.94. The van der Waals surface area contributed by atoms with Crippen molar-refractivity contribution in [3.05, 3.63) is 70.3 Å². The predicted molar refractivity (Wildman–Crippen MR) is 101 cm³/mol. The van der Waals surface area contributed by atoms with E-state index in [-0.39, 0.29) is 40.0 Å². The maximum Gasteiger partial charge on any atom is 0.416 e. The van der Waals surface area contributed by atoms with Crippen molar-refractivity contribution in [2.45, 2.75) is 19.3 Å². The van der Waals surface area contributed by atoms with Crippen molar-refractivity contribution in [2.75, 3.05) is 0 Å². The van der Waals surface area contributed by atoms with Gasteiger partial charge in [-0.15, -0.1) is 0 Å². The van der Waals surface area contributed by atoms with E-state index in [1.54, 1.807) is 31.2 Å². The van der Waals surface area contributed by atoms with Gasteiger partial charge in [0.05, 0.1) is 11.1 Å². The first kappa shape index (κ1) is 19.9. The highest BCUT2D eigenvalue weighted by Gasteiger charge is 2.38. The van der Waals surface area contributed by atoms with Crippen LogP contribution in [0.2, 0.25) is 0 Å². The Hall–Kier alpha value is -3.36. The zero-order valence-corrected chi connectivity index (χ0v) is 15.3. The Morgan fingerprint density at radius 1 is 0.733 bits per heavy atom. The summed E-state index contributed by atoms with van der Waals surface area (Å²) in [5, 5.41) is 19.6. The molecule has 0 bridgehead atoms. The molecule has 0 spiro atoms. The van der Waals surface area contributed by atoms with Gasteiger partial charge in [0.1, 0.15) is 11.7 Å². The fraction of sp³-hybridized carbons (Fsp3) is 0.143. The third-order valence-electron chi connectivity index (χ3n) is 4.94. The molecule has 3 aromatic carbocycles. The molecule has 3 nitrogen and oxygen atoms in total. The molecule has 4 rings (SSSR count). The Morgan fingerprint density at radius 3 is 1.90 bits per heavy atom. The van der Waals surface area contributed by atoms with E-state index in [2.05, 4.69) is 5.32 Å². The molecular formula is C21H13F6N3. The number of aryl methyl sites for hydroxylation is 1. The zero-order chi connectivity index (χ0) is 22.0. The molecule has 154 valence electrons. The van der Waals surface area contributed by atoms with E-state index >= 15 is 0 Å². The number of halogens is 6. The molecule has 1 aliphatic rings. The van der Waals surface area contributed by atoms with E-state index in [1.165, 1.54) is 0 Å². The maximum atomic E-state index is 13.4. The van der Waals surface area contributed by atoms with Crippen LogP contribution in [0.3, 0.4) is 0 Å². The van der Waals surface area contributed by atoms with Crippen molar-refractivity contribution < 1.29 is 26.3 Å². The minimum absolute atomic E-state index is 0.0579. The number of rotatable bonds is 1. The Balaban J connectivity index is 2.17. The smallest absolute Gasteiger partial charge is 0.325 e. The highest BCUT2D eigenvalue weighted by molar-refractivity contribution is 6.28. The van der Waals surface area contributed by atoms with Gasteiger partial charge in [0.2, 0.25) is 0 Å². The quantitative estimate of drug-likeness (QED) is 0.408. The van der Waals surface area contributed by atoms with Crippen molar-refractivity contribution in [2.24, 2.45) is 0 Å². The van der Waals surface area contributed by atoms with Crippen LogP contribution in [0.25, 0.3) is 21.9 Å². The first-order valence-electron chi connectivity index (χ1n) is 8.68. The van der Waals surface area contributed by atoms with E-state index in [1.807, 2.05) is 0 Å². The van der Waals surface area contributed by atoms with Crippen molar-refractivity contribution in [1.29, 1.82) is 10.8 Å². The molecule has 1 heterocycles. The second-order valence-corrected chi connectivity index (χ2v) is 7.07. The van der Waals surface area contributed by atoms with Crippen LogP contribution in [-0.2, 0) is 12.4 Å². The van der Waals surface area contributed by atoms with Crippen LogP contribution < -0.4 is 5.32 Å². The van der Waals surface area contributed by atoms with Crippen molar-refractivity contribution in [1.82, 2.24) is 5.32 Å². The second-order valence-electron chi connectivity index (χ2n) is 7.07. The van der Waals surface area contributed by atoms with E-state index in [4.69, 9.17) is 10.8 Å².